The van der Waals surface area contributed by atoms with Crippen LogP contribution in [0.3, 0.4) is 0 Å². The zero-order valence-corrected chi connectivity index (χ0v) is 19.3. The van der Waals surface area contributed by atoms with Gasteiger partial charge in [-0.25, -0.2) is 0 Å². The Morgan fingerprint density at radius 3 is 1.44 bits per heavy atom. The summed E-state index contributed by atoms with van der Waals surface area (Å²) in [4.78, 5) is 0. The van der Waals surface area contributed by atoms with Crippen molar-refractivity contribution in [3.8, 4) is 0 Å². The average molecular weight is 384 g/mol. The predicted octanol–water partition coefficient (Wildman–Crippen LogP) is 8.03. The van der Waals surface area contributed by atoms with Crippen molar-refractivity contribution in [2.75, 3.05) is 13.2 Å². The van der Waals surface area contributed by atoms with Gasteiger partial charge < -0.3 is 10.5 Å². The molecule has 2 unspecified atom stereocenters. The molecule has 0 spiro atoms. The van der Waals surface area contributed by atoms with Gasteiger partial charge in [-0.2, -0.15) is 0 Å². The quantitative estimate of drug-likeness (QED) is 0.192. The summed E-state index contributed by atoms with van der Waals surface area (Å²) in [6, 6.07) is 0. The summed E-state index contributed by atoms with van der Waals surface area (Å²) in [6.07, 6.45) is 25.2. The first-order valence-electron chi connectivity index (χ1n) is 12.6. The maximum atomic E-state index is 5.99. The second-order valence-corrected chi connectivity index (χ2v) is 8.66. The van der Waals surface area contributed by atoms with Crippen LogP contribution < -0.4 is 5.73 Å². The summed E-state index contributed by atoms with van der Waals surface area (Å²) in [5.74, 6) is 0.545. The summed E-state index contributed by atoms with van der Waals surface area (Å²) in [5.41, 5.74) is 5.98. The summed E-state index contributed by atoms with van der Waals surface area (Å²) in [5, 5.41) is 0. The molecule has 164 valence electrons. The van der Waals surface area contributed by atoms with Crippen LogP contribution in [0, 0.1) is 5.92 Å². The highest BCUT2D eigenvalue weighted by molar-refractivity contribution is 4.68. The molecular formula is C25H53NO. The molecule has 0 saturated carbocycles. The van der Waals surface area contributed by atoms with E-state index in [-0.39, 0.29) is 0 Å². The molecule has 2 N–H and O–H groups in total. The van der Waals surface area contributed by atoms with Crippen molar-refractivity contribution in [3.63, 3.8) is 0 Å². The lowest BCUT2D eigenvalue weighted by Crippen LogP contribution is -2.28. The monoisotopic (exact) mass is 383 g/mol. The van der Waals surface area contributed by atoms with Crippen molar-refractivity contribution in [1.82, 2.24) is 0 Å². The molecule has 2 heteroatoms. The van der Waals surface area contributed by atoms with Gasteiger partial charge in [0.15, 0.2) is 0 Å². The average Bonchev–Trinajstić information content (AvgIpc) is 2.68. The van der Waals surface area contributed by atoms with Crippen molar-refractivity contribution < 1.29 is 4.74 Å². The van der Waals surface area contributed by atoms with Gasteiger partial charge >= 0.3 is 0 Å². The number of hydrogen-bond donors (Lipinski definition) is 1. The topological polar surface area (TPSA) is 35.2 Å². The zero-order chi connectivity index (χ0) is 20.0. The Labute approximate surface area is 172 Å². The van der Waals surface area contributed by atoms with Crippen LogP contribution in [0.2, 0.25) is 0 Å². The second kappa shape index (κ2) is 22.2. The molecule has 0 aliphatic rings. The highest BCUT2D eigenvalue weighted by Crippen LogP contribution is 2.18. The number of rotatable bonds is 22. The van der Waals surface area contributed by atoms with Crippen LogP contribution in [0.1, 0.15) is 136 Å². The SMILES string of the molecule is CCCCCCCCCCCCCCCCC(CN)C(C)OCCCCC. The van der Waals surface area contributed by atoms with Crippen LogP contribution in [-0.2, 0) is 4.74 Å². The third kappa shape index (κ3) is 19.0. The van der Waals surface area contributed by atoms with Crippen molar-refractivity contribution in [2.45, 2.75) is 142 Å². The van der Waals surface area contributed by atoms with E-state index in [0.717, 1.165) is 13.2 Å². The molecule has 0 bridgehead atoms. The van der Waals surface area contributed by atoms with Gasteiger partial charge in [0, 0.05) is 6.61 Å². The van der Waals surface area contributed by atoms with Crippen LogP contribution in [0.4, 0.5) is 0 Å². The molecule has 0 aromatic carbocycles. The smallest absolute Gasteiger partial charge is 0.0587 e. The molecule has 0 heterocycles. The van der Waals surface area contributed by atoms with Crippen molar-refractivity contribution in [1.29, 1.82) is 0 Å². The van der Waals surface area contributed by atoms with Gasteiger partial charge in [0.25, 0.3) is 0 Å². The van der Waals surface area contributed by atoms with E-state index in [2.05, 4.69) is 20.8 Å². The van der Waals surface area contributed by atoms with Gasteiger partial charge in [-0.05, 0) is 32.2 Å². The Kier molecular flexibility index (Phi) is 22.1. The van der Waals surface area contributed by atoms with Crippen LogP contribution in [0.15, 0.2) is 0 Å². The fourth-order valence-electron chi connectivity index (χ4n) is 3.90. The Bertz CT molecular complexity index is 269. The Morgan fingerprint density at radius 2 is 1.00 bits per heavy atom. The first-order valence-corrected chi connectivity index (χ1v) is 12.6. The third-order valence-corrected chi connectivity index (χ3v) is 6.02. The molecular weight excluding hydrogens is 330 g/mol. The standard InChI is InChI=1S/C25H53NO/c1-4-6-8-9-10-11-12-13-14-15-16-17-18-19-21-25(23-26)24(3)27-22-20-7-5-2/h24-25H,4-23,26H2,1-3H3. The van der Waals surface area contributed by atoms with E-state index in [1.165, 1.54) is 116 Å². The van der Waals surface area contributed by atoms with E-state index in [1.807, 2.05) is 0 Å². The maximum Gasteiger partial charge on any atom is 0.0587 e. The minimum Gasteiger partial charge on any atom is -0.378 e. The molecule has 0 aliphatic carbocycles. The van der Waals surface area contributed by atoms with Gasteiger partial charge in [0.2, 0.25) is 0 Å². The number of nitrogens with two attached hydrogens (primary N) is 1. The van der Waals surface area contributed by atoms with E-state index in [0.29, 0.717) is 12.0 Å². The Hall–Kier alpha value is -0.0800. The Balaban J connectivity index is 3.36. The van der Waals surface area contributed by atoms with E-state index in [4.69, 9.17) is 10.5 Å². The molecule has 0 radical (unpaired) electrons. The molecule has 0 rings (SSSR count). The Morgan fingerprint density at radius 1 is 0.593 bits per heavy atom. The van der Waals surface area contributed by atoms with Gasteiger partial charge in [0.05, 0.1) is 6.10 Å². The predicted molar refractivity (Wildman–Crippen MR) is 122 cm³/mol. The minimum atomic E-state index is 0.328. The van der Waals surface area contributed by atoms with Crippen LogP contribution in [0.25, 0.3) is 0 Å². The highest BCUT2D eigenvalue weighted by Gasteiger charge is 2.15. The molecule has 2 nitrogen and oxygen atoms in total. The summed E-state index contributed by atoms with van der Waals surface area (Å²) >= 11 is 0. The summed E-state index contributed by atoms with van der Waals surface area (Å²) < 4.78 is 5.99. The van der Waals surface area contributed by atoms with Crippen LogP contribution >= 0.6 is 0 Å². The molecule has 2 atom stereocenters. The van der Waals surface area contributed by atoms with E-state index < -0.39 is 0 Å². The summed E-state index contributed by atoms with van der Waals surface area (Å²) in [7, 11) is 0. The van der Waals surface area contributed by atoms with Crippen molar-refractivity contribution >= 4 is 0 Å². The molecule has 0 saturated heterocycles. The second-order valence-electron chi connectivity index (χ2n) is 8.66. The fourth-order valence-corrected chi connectivity index (χ4v) is 3.90. The first kappa shape index (κ1) is 26.9. The number of hydrogen-bond acceptors (Lipinski definition) is 2. The highest BCUT2D eigenvalue weighted by atomic mass is 16.5. The normalized spacial score (nSPS) is 13.8. The van der Waals surface area contributed by atoms with Crippen molar-refractivity contribution in [3.05, 3.63) is 0 Å². The van der Waals surface area contributed by atoms with E-state index in [9.17, 15) is 0 Å². The summed E-state index contributed by atoms with van der Waals surface area (Å²) in [6.45, 7) is 8.42. The van der Waals surface area contributed by atoms with Gasteiger partial charge in [0.1, 0.15) is 0 Å². The van der Waals surface area contributed by atoms with Gasteiger partial charge in [-0.1, -0.05) is 117 Å². The van der Waals surface area contributed by atoms with Crippen LogP contribution in [0.5, 0.6) is 0 Å². The lowest BCUT2D eigenvalue weighted by molar-refractivity contribution is 0.0220. The van der Waals surface area contributed by atoms with Crippen LogP contribution in [-0.4, -0.2) is 19.3 Å². The van der Waals surface area contributed by atoms with Gasteiger partial charge in [-0.15, -0.1) is 0 Å². The zero-order valence-electron chi connectivity index (χ0n) is 19.3. The molecule has 0 amide bonds. The molecule has 0 aliphatic heterocycles. The van der Waals surface area contributed by atoms with E-state index >= 15 is 0 Å². The third-order valence-electron chi connectivity index (χ3n) is 6.02. The lowest BCUT2D eigenvalue weighted by Gasteiger charge is -2.23. The number of unbranched alkanes of at least 4 members (excludes halogenated alkanes) is 15. The lowest BCUT2D eigenvalue weighted by atomic mass is 9.95. The number of ether oxygens (including phenoxy) is 1. The van der Waals surface area contributed by atoms with E-state index in [1.54, 1.807) is 0 Å². The minimum absolute atomic E-state index is 0.328. The molecule has 0 fully saturated rings. The molecule has 27 heavy (non-hydrogen) atoms. The molecule has 0 aromatic rings. The van der Waals surface area contributed by atoms with Gasteiger partial charge in [-0.3, -0.25) is 0 Å². The first-order chi connectivity index (χ1) is 13.3. The maximum absolute atomic E-state index is 5.99. The van der Waals surface area contributed by atoms with Crippen molar-refractivity contribution in [2.24, 2.45) is 11.7 Å². The largest absolute Gasteiger partial charge is 0.378 e. The molecule has 0 aromatic heterocycles. The fraction of sp³-hybridized carbons (Fsp3) is 1.00.